The van der Waals surface area contributed by atoms with Crippen molar-refractivity contribution in [3.63, 3.8) is 0 Å². The highest BCUT2D eigenvalue weighted by Gasteiger charge is 2.25. The molecule has 0 N–H and O–H groups in total. The van der Waals surface area contributed by atoms with Crippen molar-refractivity contribution in [2.24, 2.45) is 0 Å². The Bertz CT molecular complexity index is 1390. The van der Waals surface area contributed by atoms with Crippen LogP contribution in [-0.2, 0) is 28.6 Å². The molecule has 336 valence electrons. The van der Waals surface area contributed by atoms with Gasteiger partial charge in [0.25, 0.3) is 0 Å². The van der Waals surface area contributed by atoms with Crippen LogP contribution in [0.2, 0.25) is 0 Å². The molecule has 0 heterocycles. The number of carbonyl (C=O) groups excluding carboxylic acids is 3. The molecule has 0 amide bonds. The molecule has 0 aromatic carbocycles. The van der Waals surface area contributed by atoms with E-state index in [2.05, 4.69) is 135 Å². The summed E-state index contributed by atoms with van der Waals surface area (Å²) in [6.45, 7) is 4.30. The number of carboxylic acids is 1. The molecule has 0 aromatic heterocycles. The van der Waals surface area contributed by atoms with Gasteiger partial charge in [0.05, 0.1) is 40.3 Å². The molecule has 0 fully saturated rings. The minimum absolute atomic E-state index is 0.0000378. The molecule has 0 radical (unpaired) electrons. The molecule has 0 saturated heterocycles. The first-order valence-corrected chi connectivity index (χ1v) is 22.6. The van der Waals surface area contributed by atoms with Gasteiger partial charge in [-0.15, -0.1) is 0 Å². The summed E-state index contributed by atoms with van der Waals surface area (Å²) in [6, 6.07) is -0.749. The Balaban J connectivity index is 4.52. The van der Waals surface area contributed by atoms with Crippen LogP contribution in [0, 0.1) is 0 Å². The minimum atomic E-state index is -1.14. The second kappa shape index (κ2) is 41.5. The van der Waals surface area contributed by atoms with Crippen molar-refractivity contribution in [2.45, 2.75) is 148 Å². The van der Waals surface area contributed by atoms with Gasteiger partial charge in [-0.3, -0.25) is 9.59 Å². The number of carbonyl (C=O) groups is 3. The number of hydrogen-bond acceptors (Lipinski definition) is 7. The molecule has 2 unspecified atom stereocenters. The lowest BCUT2D eigenvalue weighted by molar-refractivity contribution is -0.889. The highest BCUT2D eigenvalue weighted by Crippen LogP contribution is 2.11. The maximum atomic E-state index is 12.7. The third kappa shape index (κ3) is 39.2. The van der Waals surface area contributed by atoms with Crippen LogP contribution in [0.15, 0.2) is 122 Å². The number of nitrogens with zero attached hydrogens (tertiary/aromatic N) is 1. The van der Waals surface area contributed by atoms with Crippen molar-refractivity contribution in [1.29, 1.82) is 0 Å². The predicted molar refractivity (Wildman–Crippen MR) is 249 cm³/mol. The second-order valence-corrected chi connectivity index (χ2v) is 15.5. The van der Waals surface area contributed by atoms with E-state index in [9.17, 15) is 19.5 Å². The van der Waals surface area contributed by atoms with Crippen molar-refractivity contribution in [3.05, 3.63) is 122 Å². The number of unbranched alkanes of at least 4 members (excludes halogenated alkanes) is 4. The summed E-state index contributed by atoms with van der Waals surface area (Å²) in [5.41, 5.74) is 0. The standard InChI is InChI=1S/C52H81NO7/c1-6-8-10-12-14-16-18-20-22-24-25-27-29-31-33-35-37-39-41-43-51(55)60-48(46-58-45-44-49(52(56)57)53(3,4)5)47-59-50(54)42-40-38-36-34-32-30-28-26-23-21-19-17-15-13-11-9-7-2/h8-11,14-17,20-23,25,27-28,30-31,33-34,36,48-49H,6-7,12-13,18-19,24,26,29,32,35,37-47H2,1-5H3/b10-8+,11-9+,16-14+,17-15+,22-20+,23-21+,27-25+,30-28+,33-31+,36-34+. The third-order valence-electron chi connectivity index (χ3n) is 9.09. The van der Waals surface area contributed by atoms with Gasteiger partial charge in [0, 0.05) is 19.3 Å². The number of likely N-dealkylation sites (N-methyl/N-ethyl adjacent to an activating group) is 1. The van der Waals surface area contributed by atoms with Gasteiger partial charge >= 0.3 is 11.9 Å². The highest BCUT2D eigenvalue weighted by molar-refractivity contribution is 5.70. The molecule has 0 rings (SSSR count). The smallest absolute Gasteiger partial charge is 0.306 e. The molecule has 0 bridgehead atoms. The quantitative estimate of drug-likeness (QED) is 0.0264. The lowest BCUT2D eigenvalue weighted by Gasteiger charge is -2.34. The molecule has 8 heteroatoms. The van der Waals surface area contributed by atoms with E-state index in [4.69, 9.17) is 14.2 Å². The average Bonchev–Trinajstić information content (AvgIpc) is 3.21. The SMILES string of the molecule is CC/C=C/C/C=C/C/C=C/C/C=C/C/C=C/CCCCCC(=O)OC(COCCC(C(=O)[O-])[N+](C)(C)C)COC(=O)CCC/C=C/C/C=C/C/C=C/C/C=C/C/C=C/CC. The van der Waals surface area contributed by atoms with E-state index in [-0.39, 0.29) is 55.5 Å². The zero-order chi connectivity index (χ0) is 44.2. The zero-order valence-electron chi connectivity index (χ0n) is 38.1. The molecule has 60 heavy (non-hydrogen) atoms. The Morgan fingerprint density at radius 1 is 0.500 bits per heavy atom. The van der Waals surface area contributed by atoms with E-state index in [1.54, 1.807) is 21.1 Å². The topological polar surface area (TPSA) is 102 Å². The fraction of sp³-hybridized carbons (Fsp3) is 0.558. The van der Waals surface area contributed by atoms with Gasteiger partial charge in [-0.1, -0.05) is 142 Å². The lowest BCUT2D eigenvalue weighted by atomic mass is 10.1. The number of carboxylic acid groups (broad SMARTS) is 1. The maximum Gasteiger partial charge on any atom is 0.306 e. The number of ether oxygens (including phenoxy) is 3. The number of allylic oxidation sites excluding steroid dienone is 20. The van der Waals surface area contributed by atoms with Crippen LogP contribution in [0.4, 0.5) is 0 Å². The second-order valence-electron chi connectivity index (χ2n) is 15.5. The number of esters is 2. The average molecular weight is 832 g/mol. The summed E-state index contributed by atoms with van der Waals surface area (Å²) in [7, 11) is 5.36. The Hall–Kier alpha value is -4.27. The molecule has 0 aliphatic carbocycles. The van der Waals surface area contributed by atoms with E-state index in [1.165, 1.54) is 0 Å². The van der Waals surface area contributed by atoms with Gasteiger partial charge in [0.15, 0.2) is 6.10 Å². The third-order valence-corrected chi connectivity index (χ3v) is 9.09. The molecule has 2 atom stereocenters. The van der Waals surface area contributed by atoms with Crippen LogP contribution in [0.3, 0.4) is 0 Å². The normalized spacial score (nSPS) is 14.1. The Morgan fingerprint density at radius 2 is 0.900 bits per heavy atom. The first-order valence-electron chi connectivity index (χ1n) is 22.6. The molecule has 0 saturated carbocycles. The van der Waals surface area contributed by atoms with Crippen molar-refractivity contribution in [3.8, 4) is 0 Å². The summed E-state index contributed by atoms with van der Waals surface area (Å²) >= 11 is 0. The van der Waals surface area contributed by atoms with E-state index in [0.29, 0.717) is 12.8 Å². The Labute approximate surface area is 365 Å². The lowest BCUT2D eigenvalue weighted by Crippen LogP contribution is -2.55. The molecular formula is C52H81NO7. The van der Waals surface area contributed by atoms with Crippen LogP contribution in [0.25, 0.3) is 0 Å². The summed E-state index contributed by atoms with van der Waals surface area (Å²) in [4.78, 5) is 36.9. The largest absolute Gasteiger partial charge is 0.544 e. The van der Waals surface area contributed by atoms with Crippen molar-refractivity contribution in [2.75, 3.05) is 41.0 Å². The van der Waals surface area contributed by atoms with Crippen LogP contribution in [0.1, 0.15) is 136 Å². The molecule has 8 nitrogen and oxygen atoms in total. The van der Waals surface area contributed by atoms with Crippen molar-refractivity contribution < 1.29 is 38.2 Å². The number of rotatable bonds is 38. The van der Waals surface area contributed by atoms with E-state index in [0.717, 1.165) is 89.9 Å². The van der Waals surface area contributed by atoms with Gasteiger partial charge in [0.1, 0.15) is 12.6 Å². The van der Waals surface area contributed by atoms with Crippen LogP contribution >= 0.6 is 0 Å². The van der Waals surface area contributed by atoms with E-state index in [1.807, 2.05) is 0 Å². The molecular weight excluding hydrogens is 751 g/mol. The van der Waals surface area contributed by atoms with Gasteiger partial charge in [-0.2, -0.15) is 0 Å². The molecule has 0 aliphatic rings. The van der Waals surface area contributed by atoms with Crippen LogP contribution in [0.5, 0.6) is 0 Å². The van der Waals surface area contributed by atoms with E-state index < -0.39 is 18.1 Å². The van der Waals surface area contributed by atoms with Crippen molar-refractivity contribution >= 4 is 17.9 Å². The monoisotopic (exact) mass is 832 g/mol. The Morgan fingerprint density at radius 3 is 1.32 bits per heavy atom. The molecule has 0 spiro atoms. The molecule has 0 aromatic rings. The fourth-order valence-electron chi connectivity index (χ4n) is 5.66. The fourth-order valence-corrected chi connectivity index (χ4v) is 5.66. The van der Waals surface area contributed by atoms with Gasteiger partial charge in [-0.05, 0) is 96.3 Å². The Kier molecular flexibility index (Phi) is 38.5. The van der Waals surface area contributed by atoms with Crippen LogP contribution in [-0.4, -0.2) is 75.5 Å². The number of hydrogen-bond donors (Lipinski definition) is 0. The van der Waals surface area contributed by atoms with Gasteiger partial charge in [0.2, 0.25) is 0 Å². The molecule has 0 aliphatic heterocycles. The summed E-state index contributed by atoms with van der Waals surface area (Å²) in [6.07, 6.45) is 58.0. The zero-order valence-corrected chi connectivity index (χ0v) is 38.1. The highest BCUT2D eigenvalue weighted by atomic mass is 16.6. The number of aliphatic carboxylic acids is 1. The number of quaternary nitrogens is 1. The summed E-state index contributed by atoms with van der Waals surface area (Å²) in [5, 5.41) is 11.6. The van der Waals surface area contributed by atoms with Gasteiger partial charge in [-0.25, -0.2) is 0 Å². The van der Waals surface area contributed by atoms with Gasteiger partial charge < -0.3 is 28.6 Å². The first-order chi connectivity index (χ1) is 29.1. The maximum absolute atomic E-state index is 12.7. The first kappa shape index (κ1) is 55.7. The predicted octanol–water partition coefficient (Wildman–Crippen LogP) is 11.3. The van der Waals surface area contributed by atoms with Crippen molar-refractivity contribution in [1.82, 2.24) is 0 Å². The summed E-state index contributed by atoms with van der Waals surface area (Å²) < 4.78 is 17.1. The summed E-state index contributed by atoms with van der Waals surface area (Å²) in [5.74, 6) is -1.87. The minimum Gasteiger partial charge on any atom is -0.544 e. The van der Waals surface area contributed by atoms with E-state index >= 15 is 0 Å². The van der Waals surface area contributed by atoms with Crippen LogP contribution < -0.4 is 5.11 Å².